The van der Waals surface area contributed by atoms with Crippen molar-refractivity contribution in [1.82, 2.24) is 20.4 Å². The highest BCUT2D eigenvalue weighted by Crippen LogP contribution is 2.41. The number of carbonyl (C=O) groups is 1. The highest BCUT2D eigenvalue weighted by Gasteiger charge is 2.32. The van der Waals surface area contributed by atoms with E-state index < -0.39 is 0 Å². The van der Waals surface area contributed by atoms with Gasteiger partial charge in [0.25, 0.3) is 0 Å². The van der Waals surface area contributed by atoms with E-state index in [1.165, 1.54) is 32.1 Å². The number of aliphatic imine (C=N–C) groups is 1. The standard InChI is InChI=1S/C21H41N5O/c1-5-21(12-7-8-13-21)17-24-20(22-6-2)23-14-10-16-26-15-9-11-18(26)19(27)25(3)4/h18H,5-17H2,1-4H3,(H2,22,23,24). The lowest BCUT2D eigenvalue weighted by molar-refractivity contribution is -0.133. The van der Waals surface area contributed by atoms with Crippen molar-refractivity contribution in [3.05, 3.63) is 0 Å². The summed E-state index contributed by atoms with van der Waals surface area (Å²) >= 11 is 0. The van der Waals surface area contributed by atoms with Gasteiger partial charge >= 0.3 is 0 Å². The minimum absolute atomic E-state index is 0.0775. The molecule has 27 heavy (non-hydrogen) atoms. The summed E-state index contributed by atoms with van der Waals surface area (Å²) in [5.74, 6) is 1.19. The van der Waals surface area contributed by atoms with Crippen molar-refractivity contribution < 1.29 is 4.79 Å². The van der Waals surface area contributed by atoms with Crippen LogP contribution in [0.15, 0.2) is 4.99 Å². The average Bonchev–Trinajstić information content (AvgIpc) is 3.32. The van der Waals surface area contributed by atoms with Gasteiger partial charge in [0.2, 0.25) is 5.91 Å². The summed E-state index contributed by atoms with van der Waals surface area (Å²) in [6, 6.07) is 0.0775. The van der Waals surface area contributed by atoms with Crippen LogP contribution in [-0.2, 0) is 4.79 Å². The van der Waals surface area contributed by atoms with E-state index in [9.17, 15) is 4.79 Å². The van der Waals surface area contributed by atoms with Gasteiger partial charge in [-0.1, -0.05) is 19.8 Å². The molecule has 0 aromatic rings. The number of nitrogens with zero attached hydrogens (tertiary/aromatic N) is 3. The van der Waals surface area contributed by atoms with E-state index in [0.29, 0.717) is 5.41 Å². The quantitative estimate of drug-likeness (QED) is 0.367. The van der Waals surface area contributed by atoms with Gasteiger partial charge in [-0.05, 0) is 57.4 Å². The van der Waals surface area contributed by atoms with E-state index in [-0.39, 0.29) is 11.9 Å². The molecule has 1 atom stereocenters. The van der Waals surface area contributed by atoms with Crippen LogP contribution in [0.2, 0.25) is 0 Å². The maximum absolute atomic E-state index is 12.3. The molecule has 1 saturated heterocycles. The third-order valence-electron chi connectivity index (χ3n) is 6.34. The zero-order chi connectivity index (χ0) is 19.7. The summed E-state index contributed by atoms with van der Waals surface area (Å²) in [5.41, 5.74) is 0.428. The van der Waals surface area contributed by atoms with Crippen LogP contribution < -0.4 is 10.6 Å². The molecule has 1 unspecified atom stereocenters. The molecular weight excluding hydrogens is 338 g/mol. The lowest BCUT2D eigenvalue weighted by Gasteiger charge is -2.26. The highest BCUT2D eigenvalue weighted by molar-refractivity contribution is 5.81. The second kappa shape index (κ2) is 10.9. The first-order valence-electron chi connectivity index (χ1n) is 11.0. The summed E-state index contributed by atoms with van der Waals surface area (Å²) < 4.78 is 0. The molecule has 6 nitrogen and oxygen atoms in total. The van der Waals surface area contributed by atoms with Gasteiger partial charge in [0.05, 0.1) is 6.04 Å². The predicted molar refractivity (Wildman–Crippen MR) is 113 cm³/mol. The van der Waals surface area contributed by atoms with Crippen LogP contribution in [-0.4, -0.2) is 74.5 Å². The van der Waals surface area contributed by atoms with E-state index >= 15 is 0 Å². The summed E-state index contributed by atoms with van der Waals surface area (Å²) in [6.45, 7) is 9.14. The van der Waals surface area contributed by atoms with Crippen molar-refractivity contribution in [3.63, 3.8) is 0 Å². The fourth-order valence-electron chi connectivity index (χ4n) is 4.50. The topological polar surface area (TPSA) is 60.0 Å². The van der Waals surface area contributed by atoms with Crippen molar-refractivity contribution in [2.45, 2.75) is 71.3 Å². The number of carbonyl (C=O) groups excluding carboxylic acids is 1. The SMILES string of the molecule is CCNC(=NCC1(CC)CCCC1)NCCCN1CCCC1C(=O)N(C)C. The van der Waals surface area contributed by atoms with Gasteiger partial charge in [-0.3, -0.25) is 14.7 Å². The molecule has 1 heterocycles. The van der Waals surface area contributed by atoms with E-state index in [4.69, 9.17) is 4.99 Å². The molecule has 1 aliphatic heterocycles. The zero-order valence-corrected chi connectivity index (χ0v) is 18.0. The number of hydrogen-bond donors (Lipinski definition) is 2. The summed E-state index contributed by atoms with van der Waals surface area (Å²) in [6.07, 6.45) is 9.73. The van der Waals surface area contributed by atoms with Crippen LogP contribution in [0.3, 0.4) is 0 Å². The van der Waals surface area contributed by atoms with E-state index in [1.54, 1.807) is 4.90 Å². The van der Waals surface area contributed by atoms with Gasteiger partial charge < -0.3 is 15.5 Å². The molecule has 0 bridgehead atoms. The Balaban J connectivity index is 1.77. The molecule has 0 radical (unpaired) electrons. The molecule has 0 aromatic heterocycles. The van der Waals surface area contributed by atoms with Crippen molar-refractivity contribution in [2.75, 3.05) is 46.8 Å². The molecule has 0 aromatic carbocycles. The van der Waals surface area contributed by atoms with Crippen LogP contribution in [0, 0.1) is 5.41 Å². The van der Waals surface area contributed by atoms with Crippen LogP contribution in [0.25, 0.3) is 0 Å². The van der Waals surface area contributed by atoms with Crippen molar-refractivity contribution in [3.8, 4) is 0 Å². The third kappa shape index (κ3) is 6.37. The minimum Gasteiger partial charge on any atom is -0.357 e. The second-order valence-corrected chi connectivity index (χ2v) is 8.46. The predicted octanol–water partition coefficient (Wildman–Crippen LogP) is 2.45. The monoisotopic (exact) mass is 379 g/mol. The Morgan fingerprint density at radius 2 is 1.93 bits per heavy atom. The maximum atomic E-state index is 12.3. The first-order chi connectivity index (χ1) is 13.0. The summed E-state index contributed by atoms with van der Waals surface area (Å²) in [4.78, 5) is 21.3. The molecule has 2 aliphatic rings. The lowest BCUT2D eigenvalue weighted by atomic mass is 9.84. The molecule has 2 N–H and O–H groups in total. The lowest BCUT2D eigenvalue weighted by Crippen LogP contribution is -2.44. The second-order valence-electron chi connectivity index (χ2n) is 8.46. The third-order valence-corrected chi connectivity index (χ3v) is 6.34. The average molecular weight is 380 g/mol. The molecule has 1 aliphatic carbocycles. The fourth-order valence-corrected chi connectivity index (χ4v) is 4.50. The fraction of sp³-hybridized carbons (Fsp3) is 0.905. The van der Waals surface area contributed by atoms with Gasteiger partial charge in [0.15, 0.2) is 5.96 Å². The summed E-state index contributed by atoms with van der Waals surface area (Å²) in [5, 5.41) is 6.88. The Labute approximate surface area is 166 Å². The Kier molecular flexibility index (Phi) is 8.87. The smallest absolute Gasteiger partial charge is 0.239 e. The van der Waals surface area contributed by atoms with E-state index in [1.807, 2.05) is 14.1 Å². The molecule has 6 heteroatoms. The van der Waals surface area contributed by atoms with Crippen LogP contribution in [0.5, 0.6) is 0 Å². The molecule has 2 fully saturated rings. The molecule has 2 rings (SSSR count). The minimum atomic E-state index is 0.0775. The van der Waals surface area contributed by atoms with Crippen molar-refractivity contribution in [1.29, 1.82) is 0 Å². The number of likely N-dealkylation sites (tertiary alicyclic amines) is 1. The highest BCUT2D eigenvalue weighted by atomic mass is 16.2. The van der Waals surface area contributed by atoms with Gasteiger partial charge in [-0.15, -0.1) is 0 Å². The summed E-state index contributed by atoms with van der Waals surface area (Å²) in [7, 11) is 3.71. The normalized spacial score (nSPS) is 22.8. The first kappa shape index (κ1) is 22.0. The van der Waals surface area contributed by atoms with Crippen LogP contribution in [0.4, 0.5) is 0 Å². The van der Waals surface area contributed by atoms with Crippen LogP contribution >= 0.6 is 0 Å². The largest absolute Gasteiger partial charge is 0.357 e. The number of amides is 1. The van der Waals surface area contributed by atoms with E-state index in [0.717, 1.165) is 57.9 Å². The molecule has 156 valence electrons. The number of hydrogen-bond acceptors (Lipinski definition) is 3. The molecule has 0 spiro atoms. The Morgan fingerprint density at radius 3 is 2.56 bits per heavy atom. The van der Waals surface area contributed by atoms with Gasteiger partial charge in [-0.2, -0.15) is 0 Å². The Hall–Kier alpha value is -1.30. The number of rotatable bonds is 9. The number of guanidine groups is 1. The maximum Gasteiger partial charge on any atom is 0.239 e. The first-order valence-corrected chi connectivity index (χ1v) is 11.0. The number of nitrogens with one attached hydrogen (secondary N) is 2. The van der Waals surface area contributed by atoms with Gasteiger partial charge in [-0.25, -0.2) is 0 Å². The van der Waals surface area contributed by atoms with Crippen molar-refractivity contribution >= 4 is 11.9 Å². The van der Waals surface area contributed by atoms with Crippen LogP contribution in [0.1, 0.15) is 65.2 Å². The van der Waals surface area contributed by atoms with Gasteiger partial charge in [0, 0.05) is 40.3 Å². The Bertz CT molecular complexity index is 485. The van der Waals surface area contributed by atoms with Crippen molar-refractivity contribution in [2.24, 2.45) is 10.4 Å². The van der Waals surface area contributed by atoms with Gasteiger partial charge in [0.1, 0.15) is 0 Å². The Morgan fingerprint density at radius 1 is 1.19 bits per heavy atom. The van der Waals surface area contributed by atoms with E-state index in [2.05, 4.69) is 29.4 Å². The molecule has 1 saturated carbocycles. The number of likely N-dealkylation sites (N-methyl/N-ethyl adjacent to an activating group) is 1. The molecular formula is C21H41N5O. The zero-order valence-electron chi connectivity index (χ0n) is 18.0. The molecule has 1 amide bonds.